The third-order valence-electron chi connectivity index (χ3n) is 4.09. The molecule has 0 spiro atoms. The molecule has 2 aliphatic rings. The van der Waals surface area contributed by atoms with Gasteiger partial charge < -0.3 is 15.1 Å². The van der Waals surface area contributed by atoms with Crippen LogP contribution in [0.25, 0.3) is 0 Å². The summed E-state index contributed by atoms with van der Waals surface area (Å²) in [5.41, 5.74) is 0. The van der Waals surface area contributed by atoms with Crippen LogP contribution < -0.4 is 5.32 Å². The van der Waals surface area contributed by atoms with Crippen LogP contribution >= 0.6 is 0 Å². The van der Waals surface area contributed by atoms with E-state index in [2.05, 4.69) is 36.3 Å². The molecule has 0 saturated carbocycles. The number of fused-ring (bicyclic) bond motifs is 2. The average Bonchev–Trinajstić information content (AvgIpc) is 2.42. The molecule has 2 fully saturated rings. The van der Waals surface area contributed by atoms with Gasteiger partial charge in [0.25, 0.3) is 0 Å². The first kappa shape index (κ1) is 11.4. The van der Waals surface area contributed by atoms with Crippen molar-refractivity contribution in [2.24, 2.45) is 0 Å². The molecule has 0 radical (unpaired) electrons. The lowest BCUT2D eigenvalue weighted by molar-refractivity contribution is 0.148. The van der Waals surface area contributed by atoms with Gasteiger partial charge >= 0.3 is 0 Å². The fraction of sp³-hybridized carbons (Fsp3) is 1.00. The molecular formula is C12H25N3. The van der Waals surface area contributed by atoms with Gasteiger partial charge in [0.15, 0.2) is 0 Å². The molecule has 15 heavy (non-hydrogen) atoms. The van der Waals surface area contributed by atoms with E-state index in [1.54, 1.807) is 0 Å². The minimum atomic E-state index is 0.777. The van der Waals surface area contributed by atoms with Crippen LogP contribution in [0.1, 0.15) is 25.7 Å². The second-order valence-corrected chi connectivity index (χ2v) is 5.48. The van der Waals surface area contributed by atoms with Gasteiger partial charge in [0.05, 0.1) is 0 Å². The first-order chi connectivity index (χ1) is 7.16. The molecule has 2 bridgehead atoms. The summed E-state index contributed by atoms with van der Waals surface area (Å²) < 4.78 is 0. The lowest BCUT2D eigenvalue weighted by atomic mass is 9.98. The van der Waals surface area contributed by atoms with Crippen molar-refractivity contribution in [1.82, 2.24) is 15.1 Å². The first-order valence-corrected chi connectivity index (χ1v) is 6.27. The second-order valence-electron chi connectivity index (χ2n) is 5.48. The molecule has 2 heterocycles. The maximum absolute atomic E-state index is 3.71. The summed E-state index contributed by atoms with van der Waals surface area (Å²) >= 11 is 0. The van der Waals surface area contributed by atoms with Gasteiger partial charge in [-0.05, 0) is 46.8 Å². The number of rotatable bonds is 4. The normalized spacial score (nSPS) is 36.4. The summed E-state index contributed by atoms with van der Waals surface area (Å²) in [6, 6.07) is 2.50. The Bertz CT molecular complexity index is 191. The molecule has 2 rings (SSSR count). The average molecular weight is 211 g/mol. The van der Waals surface area contributed by atoms with Crippen LogP contribution in [0.3, 0.4) is 0 Å². The van der Waals surface area contributed by atoms with E-state index in [0.717, 1.165) is 31.2 Å². The van der Waals surface area contributed by atoms with E-state index >= 15 is 0 Å². The quantitative estimate of drug-likeness (QED) is 0.741. The molecule has 88 valence electrons. The number of hydrogen-bond acceptors (Lipinski definition) is 3. The Morgan fingerprint density at radius 2 is 1.80 bits per heavy atom. The summed E-state index contributed by atoms with van der Waals surface area (Å²) in [5, 5.41) is 3.71. The Balaban J connectivity index is 1.72. The highest BCUT2D eigenvalue weighted by Gasteiger charge is 2.37. The molecule has 0 aromatic heterocycles. The van der Waals surface area contributed by atoms with Crippen LogP contribution in [-0.2, 0) is 0 Å². The van der Waals surface area contributed by atoms with E-state index in [9.17, 15) is 0 Å². The van der Waals surface area contributed by atoms with Crippen molar-refractivity contribution < 1.29 is 0 Å². The maximum atomic E-state index is 3.71. The molecule has 3 nitrogen and oxygen atoms in total. The van der Waals surface area contributed by atoms with Gasteiger partial charge in [-0.3, -0.25) is 0 Å². The van der Waals surface area contributed by atoms with Gasteiger partial charge in [-0.25, -0.2) is 0 Å². The number of nitrogens with one attached hydrogen (secondary N) is 1. The predicted molar refractivity (Wildman–Crippen MR) is 64.2 cm³/mol. The first-order valence-electron chi connectivity index (χ1n) is 6.27. The lowest BCUT2D eigenvalue weighted by Crippen LogP contribution is -2.48. The van der Waals surface area contributed by atoms with Crippen LogP contribution in [0.5, 0.6) is 0 Å². The Morgan fingerprint density at radius 1 is 1.20 bits per heavy atom. The molecule has 3 heteroatoms. The van der Waals surface area contributed by atoms with Gasteiger partial charge in [0.2, 0.25) is 0 Å². The van der Waals surface area contributed by atoms with Crippen LogP contribution in [0.4, 0.5) is 0 Å². The van der Waals surface area contributed by atoms with E-state index in [0.29, 0.717) is 0 Å². The fourth-order valence-electron chi connectivity index (χ4n) is 3.07. The summed E-state index contributed by atoms with van der Waals surface area (Å²) in [5.74, 6) is 0. The Kier molecular flexibility index (Phi) is 3.65. The molecule has 2 unspecified atom stereocenters. The molecule has 0 aliphatic carbocycles. The molecule has 2 atom stereocenters. The summed E-state index contributed by atoms with van der Waals surface area (Å²) in [6.45, 7) is 2.29. The van der Waals surface area contributed by atoms with Crippen LogP contribution in [0, 0.1) is 0 Å². The van der Waals surface area contributed by atoms with Crippen molar-refractivity contribution in [1.29, 1.82) is 0 Å². The van der Waals surface area contributed by atoms with Gasteiger partial charge in [-0.15, -0.1) is 0 Å². The van der Waals surface area contributed by atoms with E-state index in [1.807, 2.05) is 0 Å². The highest BCUT2D eigenvalue weighted by molar-refractivity contribution is 4.95. The second kappa shape index (κ2) is 4.81. The predicted octanol–water partition coefficient (Wildman–Crippen LogP) is 0.763. The highest BCUT2D eigenvalue weighted by Crippen LogP contribution is 2.33. The Morgan fingerprint density at radius 3 is 2.33 bits per heavy atom. The summed E-state index contributed by atoms with van der Waals surface area (Å²) in [6.07, 6.45) is 5.57. The molecule has 2 saturated heterocycles. The van der Waals surface area contributed by atoms with E-state index in [-0.39, 0.29) is 0 Å². The Labute approximate surface area is 93.8 Å². The van der Waals surface area contributed by atoms with Crippen molar-refractivity contribution >= 4 is 0 Å². The zero-order chi connectivity index (χ0) is 10.8. The van der Waals surface area contributed by atoms with Gasteiger partial charge in [0.1, 0.15) is 0 Å². The third kappa shape index (κ3) is 2.71. The maximum Gasteiger partial charge on any atom is 0.0111 e. The smallest absolute Gasteiger partial charge is 0.0111 e. The van der Waals surface area contributed by atoms with Gasteiger partial charge in [-0.1, -0.05) is 0 Å². The SMILES string of the molecule is CN(C)CCNC1CC2CCC(C1)N2C. The van der Waals surface area contributed by atoms with Crippen LogP contribution in [0.2, 0.25) is 0 Å². The topological polar surface area (TPSA) is 18.5 Å². The van der Waals surface area contributed by atoms with Crippen LogP contribution in [-0.4, -0.2) is 62.2 Å². The monoisotopic (exact) mass is 211 g/mol. The van der Waals surface area contributed by atoms with E-state index in [4.69, 9.17) is 0 Å². The molecule has 0 amide bonds. The zero-order valence-corrected chi connectivity index (χ0v) is 10.4. The fourth-order valence-corrected chi connectivity index (χ4v) is 3.07. The van der Waals surface area contributed by atoms with Gasteiger partial charge in [0, 0.05) is 31.2 Å². The van der Waals surface area contributed by atoms with Crippen molar-refractivity contribution in [3.05, 3.63) is 0 Å². The number of nitrogens with zero attached hydrogens (tertiary/aromatic N) is 2. The number of piperidine rings is 1. The van der Waals surface area contributed by atoms with Gasteiger partial charge in [-0.2, -0.15) is 0 Å². The summed E-state index contributed by atoms with van der Waals surface area (Å²) in [7, 11) is 6.58. The molecule has 2 aliphatic heterocycles. The zero-order valence-electron chi connectivity index (χ0n) is 10.4. The van der Waals surface area contributed by atoms with Crippen molar-refractivity contribution in [3.63, 3.8) is 0 Å². The van der Waals surface area contributed by atoms with E-state index in [1.165, 1.54) is 25.7 Å². The van der Waals surface area contributed by atoms with E-state index < -0.39 is 0 Å². The van der Waals surface area contributed by atoms with Crippen molar-refractivity contribution in [3.8, 4) is 0 Å². The molecular weight excluding hydrogens is 186 g/mol. The molecule has 0 aromatic carbocycles. The highest BCUT2D eigenvalue weighted by atomic mass is 15.2. The van der Waals surface area contributed by atoms with Crippen molar-refractivity contribution in [2.45, 2.75) is 43.8 Å². The van der Waals surface area contributed by atoms with Crippen LogP contribution in [0.15, 0.2) is 0 Å². The largest absolute Gasteiger partial charge is 0.313 e. The minimum absolute atomic E-state index is 0.777. The lowest BCUT2D eigenvalue weighted by Gasteiger charge is -2.36. The summed E-state index contributed by atoms with van der Waals surface area (Å²) in [4.78, 5) is 4.85. The minimum Gasteiger partial charge on any atom is -0.313 e. The third-order valence-corrected chi connectivity index (χ3v) is 4.09. The Hall–Kier alpha value is -0.120. The molecule has 1 N–H and O–H groups in total. The van der Waals surface area contributed by atoms with Crippen molar-refractivity contribution in [2.75, 3.05) is 34.2 Å². The number of hydrogen-bond donors (Lipinski definition) is 1. The standard InChI is InChI=1S/C12H25N3/c1-14(2)7-6-13-10-8-11-4-5-12(9-10)15(11)3/h10-13H,4-9H2,1-3H3. The number of likely N-dealkylation sites (N-methyl/N-ethyl adjacent to an activating group) is 1. The molecule has 0 aromatic rings.